The van der Waals surface area contributed by atoms with Crippen molar-refractivity contribution in [3.8, 4) is 0 Å². The molecule has 36 heavy (non-hydrogen) atoms. The zero-order valence-electron chi connectivity index (χ0n) is 23.7. The van der Waals surface area contributed by atoms with E-state index < -0.39 is 0 Å². The van der Waals surface area contributed by atoms with Gasteiger partial charge in [0, 0.05) is 31.5 Å². The van der Waals surface area contributed by atoms with E-state index >= 15 is 0 Å². The maximum atomic E-state index is 4.20. The first-order valence-corrected chi connectivity index (χ1v) is 13.2. The molecular formula is C33H47N3. The molecule has 0 heterocycles. The van der Waals surface area contributed by atoms with E-state index in [2.05, 4.69) is 105 Å². The van der Waals surface area contributed by atoms with E-state index in [9.17, 15) is 0 Å². The van der Waals surface area contributed by atoms with Crippen LogP contribution in [0.15, 0.2) is 90.9 Å². The molecule has 0 fully saturated rings. The number of fused-ring (bicyclic) bond motifs is 1. The minimum Gasteiger partial charge on any atom is -0.387 e. The number of likely N-dealkylation sites (N-methyl/N-ethyl adjacent to an activating group) is 2. The zero-order valence-corrected chi connectivity index (χ0v) is 23.7. The Hall–Kier alpha value is -3.04. The highest BCUT2D eigenvalue weighted by molar-refractivity contribution is 5.74. The molecule has 1 aliphatic carbocycles. The number of rotatable bonds is 10. The van der Waals surface area contributed by atoms with Crippen LogP contribution in [0.25, 0.3) is 5.57 Å². The minimum atomic E-state index is 0.744. The van der Waals surface area contributed by atoms with Gasteiger partial charge in [0.15, 0.2) is 0 Å². The third-order valence-electron chi connectivity index (χ3n) is 7.29. The van der Waals surface area contributed by atoms with Gasteiger partial charge in [-0.3, -0.25) is 0 Å². The fraction of sp³-hybridized carbons (Fsp3) is 0.394. The van der Waals surface area contributed by atoms with Gasteiger partial charge in [-0.2, -0.15) is 0 Å². The lowest BCUT2D eigenvalue weighted by Crippen LogP contribution is -2.32. The lowest BCUT2D eigenvalue weighted by Gasteiger charge is -2.23. The Morgan fingerprint density at radius 1 is 1.03 bits per heavy atom. The summed E-state index contributed by atoms with van der Waals surface area (Å²) in [7, 11) is 6.22. The monoisotopic (exact) mass is 485 g/mol. The van der Waals surface area contributed by atoms with Crippen LogP contribution < -0.4 is 5.32 Å². The van der Waals surface area contributed by atoms with Gasteiger partial charge in [0.2, 0.25) is 0 Å². The Balaban J connectivity index is 0.000000267. The van der Waals surface area contributed by atoms with Gasteiger partial charge in [-0.1, -0.05) is 75.0 Å². The number of nitrogens with zero attached hydrogens (tertiary/aromatic N) is 2. The number of hydrogen-bond acceptors (Lipinski definition) is 3. The summed E-state index contributed by atoms with van der Waals surface area (Å²) in [6.45, 7) is 17.8. The molecule has 3 rings (SSSR count). The molecule has 0 radical (unpaired) electrons. The van der Waals surface area contributed by atoms with E-state index in [1.165, 1.54) is 43.4 Å². The topological polar surface area (TPSA) is 18.5 Å². The van der Waals surface area contributed by atoms with Crippen molar-refractivity contribution in [1.29, 1.82) is 0 Å². The Morgan fingerprint density at radius 3 is 2.14 bits per heavy atom. The molecule has 2 aromatic carbocycles. The van der Waals surface area contributed by atoms with Crippen molar-refractivity contribution in [2.24, 2.45) is 0 Å². The van der Waals surface area contributed by atoms with E-state index in [-0.39, 0.29) is 0 Å². The quantitative estimate of drug-likeness (QED) is 0.355. The molecule has 0 amide bonds. The second-order valence-corrected chi connectivity index (χ2v) is 9.80. The number of allylic oxidation sites excluding steroid dienone is 5. The van der Waals surface area contributed by atoms with Crippen molar-refractivity contribution in [3.05, 3.63) is 113 Å². The molecule has 0 aromatic heterocycles. The number of benzene rings is 2. The molecule has 0 spiro atoms. The molecule has 0 unspecified atom stereocenters. The molecule has 3 heteroatoms. The highest BCUT2D eigenvalue weighted by Gasteiger charge is 2.23. The van der Waals surface area contributed by atoms with Gasteiger partial charge in [-0.15, -0.1) is 0 Å². The van der Waals surface area contributed by atoms with E-state index in [4.69, 9.17) is 0 Å². The predicted octanol–water partition coefficient (Wildman–Crippen LogP) is 7.37. The molecule has 194 valence electrons. The largest absolute Gasteiger partial charge is 0.387 e. The Morgan fingerprint density at radius 2 is 1.61 bits per heavy atom. The van der Waals surface area contributed by atoms with Crippen molar-refractivity contribution in [2.75, 3.05) is 27.7 Å². The first kappa shape index (κ1) is 29.2. The SMILES string of the molecule is C=C/C(NC)=C(/C)N(C)/C(C)=C\C(=C)c1ccccc1C.CCCCN(C)C1Cc2ccccc2C1. The van der Waals surface area contributed by atoms with Crippen LogP contribution in [0.2, 0.25) is 0 Å². The van der Waals surface area contributed by atoms with Crippen molar-refractivity contribution in [3.63, 3.8) is 0 Å². The van der Waals surface area contributed by atoms with E-state index in [1.54, 1.807) is 11.1 Å². The van der Waals surface area contributed by atoms with Gasteiger partial charge >= 0.3 is 0 Å². The average Bonchev–Trinajstić information content (AvgIpc) is 3.32. The first-order valence-electron chi connectivity index (χ1n) is 13.2. The van der Waals surface area contributed by atoms with E-state index in [0.29, 0.717) is 0 Å². The third-order valence-corrected chi connectivity index (χ3v) is 7.29. The lowest BCUT2D eigenvalue weighted by molar-refractivity contribution is 0.245. The second-order valence-electron chi connectivity index (χ2n) is 9.80. The average molecular weight is 486 g/mol. The standard InChI is InChI=1S/C19H26N2.C14H21N/c1-8-19(20-6)17(5)21(7)16(4)13-15(3)18-12-10-9-11-14(18)2;1-3-4-9-15(2)14-10-12-7-5-6-8-13(12)11-14/h8-13,20H,1,3H2,2,4-7H3;5-8,14H,3-4,9-11H2,1-2H3/b16-13-,19-17+;. The maximum absolute atomic E-state index is 4.20. The van der Waals surface area contributed by atoms with Gasteiger partial charge in [0.1, 0.15) is 0 Å². The Bertz CT molecular complexity index is 1050. The number of nitrogens with one attached hydrogen (secondary N) is 1. The fourth-order valence-corrected chi connectivity index (χ4v) is 4.67. The van der Waals surface area contributed by atoms with Gasteiger partial charge in [-0.25, -0.2) is 0 Å². The van der Waals surface area contributed by atoms with Crippen LogP contribution >= 0.6 is 0 Å². The van der Waals surface area contributed by atoms with Crippen LogP contribution in [0.4, 0.5) is 0 Å². The van der Waals surface area contributed by atoms with Crippen molar-refractivity contribution < 1.29 is 0 Å². The summed E-state index contributed by atoms with van der Waals surface area (Å²) in [5, 5.41) is 3.15. The van der Waals surface area contributed by atoms with Crippen molar-refractivity contribution in [1.82, 2.24) is 15.1 Å². The summed E-state index contributed by atoms with van der Waals surface area (Å²) >= 11 is 0. The van der Waals surface area contributed by atoms with Gasteiger partial charge in [0.25, 0.3) is 0 Å². The molecule has 0 bridgehead atoms. The molecule has 0 saturated heterocycles. The first-order chi connectivity index (χ1) is 17.2. The normalized spacial score (nSPS) is 13.9. The van der Waals surface area contributed by atoms with Gasteiger partial charge < -0.3 is 15.1 Å². The highest BCUT2D eigenvalue weighted by atomic mass is 15.1. The van der Waals surface area contributed by atoms with Crippen molar-refractivity contribution in [2.45, 2.75) is 59.4 Å². The molecule has 0 atom stereocenters. The summed E-state index contributed by atoms with van der Waals surface area (Å²) in [4.78, 5) is 4.67. The van der Waals surface area contributed by atoms with E-state index in [0.717, 1.165) is 28.7 Å². The molecule has 0 aliphatic heterocycles. The van der Waals surface area contributed by atoms with Gasteiger partial charge in [-0.05, 0) is 93.6 Å². The van der Waals surface area contributed by atoms with Crippen LogP contribution in [0.1, 0.15) is 55.9 Å². The molecule has 0 saturated carbocycles. The van der Waals surface area contributed by atoms with Crippen LogP contribution in [0.3, 0.4) is 0 Å². The van der Waals surface area contributed by atoms with Crippen LogP contribution in [0, 0.1) is 6.92 Å². The summed E-state index contributed by atoms with van der Waals surface area (Å²) in [6.07, 6.45) is 9.05. The summed E-state index contributed by atoms with van der Waals surface area (Å²) in [5.74, 6) is 0. The van der Waals surface area contributed by atoms with Crippen LogP contribution in [-0.2, 0) is 12.8 Å². The minimum absolute atomic E-state index is 0.744. The molecular weight excluding hydrogens is 438 g/mol. The summed E-state index contributed by atoms with van der Waals surface area (Å²) in [5.41, 5.74) is 9.85. The number of unbranched alkanes of at least 4 members (excludes halogenated alkanes) is 1. The summed E-state index contributed by atoms with van der Waals surface area (Å²) in [6, 6.07) is 17.9. The van der Waals surface area contributed by atoms with Crippen LogP contribution in [0.5, 0.6) is 0 Å². The Labute approximate surface area is 220 Å². The van der Waals surface area contributed by atoms with Crippen molar-refractivity contribution >= 4 is 5.57 Å². The second kappa shape index (κ2) is 14.5. The predicted molar refractivity (Wildman–Crippen MR) is 159 cm³/mol. The molecule has 2 aromatic rings. The zero-order chi connectivity index (χ0) is 26.7. The maximum Gasteiger partial charge on any atom is 0.0526 e. The third kappa shape index (κ3) is 7.99. The molecule has 1 N–H and O–H groups in total. The lowest BCUT2D eigenvalue weighted by atomic mass is 10.0. The Kier molecular flexibility index (Phi) is 11.8. The smallest absolute Gasteiger partial charge is 0.0526 e. The van der Waals surface area contributed by atoms with Crippen LogP contribution in [-0.4, -0.2) is 43.5 Å². The van der Waals surface area contributed by atoms with Gasteiger partial charge in [0.05, 0.1) is 5.70 Å². The fourth-order valence-electron chi connectivity index (χ4n) is 4.67. The molecule has 3 nitrogen and oxygen atoms in total. The highest BCUT2D eigenvalue weighted by Crippen LogP contribution is 2.25. The summed E-state index contributed by atoms with van der Waals surface area (Å²) < 4.78 is 0. The number of hydrogen-bond donors (Lipinski definition) is 1. The molecule has 1 aliphatic rings. The van der Waals surface area contributed by atoms with E-state index in [1.807, 2.05) is 32.3 Å². The number of aryl methyl sites for hydroxylation is 1.